The van der Waals surface area contributed by atoms with E-state index in [-0.39, 0.29) is 0 Å². The van der Waals surface area contributed by atoms with E-state index in [1.165, 1.54) is 7.11 Å². The summed E-state index contributed by atoms with van der Waals surface area (Å²) in [5.74, 6) is 0.128. The first-order valence-electron chi connectivity index (χ1n) is 4.91. The zero-order valence-corrected chi connectivity index (χ0v) is 9.69. The molecule has 1 aromatic rings. The fourth-order valence-corrected chi connectivity index (χ4v) is 1.36. The van der Waals surface area contributed by atoms with Crippen LogP contribution in [-0.2, 0) is 16.0 Å². The molecule has 1 atom stereocenters. The topological polar surface area (TPSA) is 74.4 Å². The molecule has 0 saturated heterocycles. The van der Waals surface area contributed by atoms with Crippen LogP contribution in [0.5, 0.6) is 5.88 Å². The summed E-state index contributed by atoms with van der Waals surface area (Å²) in [5, 5.41) is 0. The molecule has 88 valence electrons. The van der Waals surface area contributed by atoms with Crippen molar-refractivity contribution in [2.75, 3.05) is 14.2 Å². The first-order chi connectivity index (χ1) is 7.58. The van der Waals surface area contributed by atoms with Crippen LogP contribution in [0.25, 0.3) is 0 Å². The third-order valence-electron chi connectivity index (χ3n) is 2.35. The molecule has 0 aliphatic heterocycles. The van der Waals surface area contributed by atoms with E-state index in [9.17, 15) is 4.79 Å². The van der Waals surface area contributed by atoms with E-state index in [4.69, 9.17) is 10.5 Å². The van der Waals surface area contributed by atoms with Crippen LogP contribution in [0, 0.1) is 6.92 Å². The van der Waals surface area contributed by atoms with Crippen molar-refractivity contribution < 1.29 is 14.3 Å². The monoisotopic (exact) mass is 224 g/mol. The Morgan fingerprint density at radius 3 is 2.75 bits per heavy atom. The lowest BCUT2D eigenvalue weighted by Gasteiger charge is -2.11. The number of nitrogens with zero attached hydrogens (tertiary/aromatic N) is 1. The number of aromatic nitrogens is 1. The minimum atomic E-state index is -0.654. The third-order valence-corrected chi connectivity index (χ3v) is 2.35. The molecule has 0 aliphatic carbocycles. The van der Waals surface area contributed by atoms with Gasteiger partial charge in [-0.05, 0) is 18.1 Å². The molecule has 0 radical (unpaired) electrons. The minimum absolute atomic E-state index is 0.412. The van der Waals surface area contributed by atoms with E-state index in [1.54, 1.807) is 19.4 Å². The Morgan fingerprint density at radius 1 is 1.56 bits per heavy atom. The summed E-state index contributed by atoms with van der Waals surface area (Å²) in [4.78, 5) is 15.2. The van der Waals surface area contributed by atoms with Gasteiger partial charge in [0.05, 0.1) is 14.2 Å². The number of hydrogen-bond acceptors (Lipinski definition) is 5. The van der Waals surface area contributed by atoms with Crippen LogP contribution in [0.2, 0.25) is 0 Å². The van der Waals surface area contributed by atoms with Gasteiger partial charge in [0.25, 0.3) is 0 Å². The van der Waals surface area contributed by atoms with Crippen LogP contribution >= 0.6 is 0 Å². The Balaban J connectivity index is 2.78. The van der Waals surface area contributed by atoms with Crippen LogP contribution in [-0.4, -0.2) is 31.2 Å². The average Bonchev–Trinajstić information content (AvgIpc) is 2.30. The van der Waals surface area contributed by atoms with Gasteiger partial charge in [-0.15, -0.1) is 0 Å². The molecule has 0 amide bonds. The van der Waals surface area contributed by atoms with Crippen LogP contribution in [0.15, 0.2) is 12.3 Å². The predicted molar refractivity (Wildman–Crippen MR) is 59.2 cm³/mol. The summed E-state index contributed by atoms with van der Waals surface area (Å²) in [5.41, 5.74) is 7.57. The molecule has 1 aromatic heterocycles. The second-order valence-corrected chi connectivity index (χ2v) is 3.49. The van der Waals surface area contributed by atoms with Crippen molar-refractivity contribution in [3.63, 3.8) is 0 Å². The number of methoxy groups -OCH3 is 2. The highest BCUT2D eigenvalue weighted by molar-refractivity contribution is 5.75. The maximum Gasteiger partial charge on any atom is 0.322 e. The van der Waals surface area contributed by atoms with Gasteiger partial charge in [0.15, 0.2) is 0 Å². The lowest BCUT2D eigenvalue weighted by molar-refractivity contribution is -0.142. The summed E-state index contributed by atoms with van der Waals surface area (Å²) in [7, 11) is 2.88. The van der Waals surface area contributed by atoms with E-state index in [2.05, 4.69) is 9.72 Å². The first kappa shape index (κ1) is 12.4. The average molecular weight is 224 g/mol. The van der Waals surface area contributed by atoms with E-state index in [0.29, 0.717) is 12.3 Å². The second-order valence-electron chi connectivity index (χ2n) is 3.49. The van der Waals surface area contributed by atoms with Crippen molar-refractivity contribution in [1.29, 1.82) is 0 Å². The van der Waals surface area contributed by atoms with Crippen LogP contribution in [0.3, 0.4) is 0 Å². The van der Waals surface area contributed by atoms with Gasteiger partial charge < -0.3 is 15.2 Å². The van der Waals surface area contributed by atoms with Crippen molar-refractivity contribution in [3.8, 4) is 5.88 Å². The van der Waals surface area contributed by atoms with Gasteiger partial charge in [0.2, 0.25) is 5.88 Å². The van der Waals surface area contributed by atoms with Gasteiger partial charge in [-0.2, -0.15) is 0 Å². The lowest BCUT2D eigenvalue weighted by Crippen LogP contribution is -2.33. The molecule has 16 heavy (non-hydrogen) atoms. The normalized spacial score (nSPS) is 12.0. The SMILES string of the molecule is COC(=O)[C@@H](N)Cc1cnc(OC)cc1C. The number of nitrogens with two attached hydrogens (primary N) is 1. The van der Waals surface area contributed by atoms with Crippen molar-refractivity contribution in [2.24, 2.45) is 5.73 Å². The summed E-state index contributed by atoms with van der Waals surface area (Å²) >= 11 is 0. The lowest BCUT2D eigenvalue weighted by atomic mass is 10.0. The molecule has 0 fully saturated rings. The highest BCUT2D eigenvalue weighted by atomic mass is 16.5. The fraction of sp³-hybridized carbons (Fsp3) is 0.455. The maximum absolute atomic E-state index is 11.2. The summed E-state index contributed by atoms with van der Waals surface area (Å²) in [6.45, 7) is 1.92. The molecule has 0 saturated carbocycles. The third kappa shape index (κ3) is 2.93. The molecule has 0 bridgehead atoms. The summed E-state index contributed by atoms with van der Waals surface area (Å²) in [6.07, 6.45) is 2.08. The summed E-state index contributed by atoms with van der Waals surface area (Å²) in [6, 6.07) is 1.15. The highest BCUT2D eigenvalue weighted by Crippen LogP contribution is 2.14. The number of esters is 1. The van der Waals surface area contributed by atoms with Gasteiger partial charge in [-0.25, -0.2) is 4.98 Å². The Kier molecular flexibility index (Phi) is 4.25. The Hall–Kier alpha value is -1.62. The number of carbonyl (C=O) groups excluding carboxylic acids is 1. The van der Waals surface area contributed by atoms with Gasteiger partial charge in [0, 0.05) is 18.7 Å². The van der Waals surface area contributed by atoms with E-state index >= 15 is 0 Å². The van der Waals surface area contributed by atoms with Crippen LogP contribution in [0.4, 0.5) is 0 Å². The molecule has 0 unspecified atom stereocenters. The molecule has 0 spiro atoms. The second kappa shape index (κ2) is 5.46. The zero-order chi connectivity index (χ0) is 12.1. The number of ether oxygens (including phenoxy) is 2. The zero-order valence-electron chi connectivity index (χ0n) is 9.69. The Morgan fingerprint density at radius 2 is 2.25 bits per heavy atom. The molecule has 1 heterocycles. The molecular formula is C11H16N2O3. The molecule has 2 N–H and O–H groups in total. The predicted octanol–water partition coefficient (Wildman–Crippen LogP) is 0.441. The molecule has 5 heteroatoms. The fourth-order valence-electron chi connectivity index (χ4n) is 1.36. The molecular weight excluding hydrogens is 208 g/mol. The van der Waals surface area contributed by atoms with Crippen molar-refractivity contribution in [3.05, 3.63) is 23.4 Å². The number of aryl methyl sites for hydroxylation is 1. The largest absolute Gasteiger partial charge is 0.481 e. The standard InChI is InChI=1S/C11H16N2O3/c1-7-4-10(15-2)13-6-8(7)5-9(12)11(14)16-3/h4,6,9H,5,12H2,1-3H3/t9-/m0/s1. The van der Waals surface area contributed by atoms with Crippen LogP contribution < -0.4 is 10.5 Å². The Labute approximate surface area is 94.6 Å². The summed E-state index contributed by atoms with van der Waals surface area (Å²) < 4.78 is 9.55. The van der Waals surface area contributed by atoms with E-state index < -0.39 is 12.0 Å². The molecule has 0 aromatic carbocycles. The number of hydrogen-bond donors (Lipinski definition) is 1. The van der Waals surface area contributed by atoms with Crippen LogP contribution in [0.1, 0.15) is 11.1 Å². The highest BCUT2D eigenvalue weighted by Gasteiger charge is 2.15. The van der Waals surface area contributed by atoms with Gasteiger partial charge >= 0.3 is 5.97 Å². The number of carbonyl (C=O) groups is 1. The van der Waals surface area contributed by atoms with E-state index in [0.717, 1.165) is 11.1 Å². The Bertz CT molecular complexity index is 379. The smallest absolute Gasteiger partial charge is 0.322 e. The molecule has 5 nitrogen and oxygen atoms in total. The van der Waals surface area contributed by atoms with Gasteiger partial charge in [-0.1, -0.05) is 0 Å². The van der Waals surface area contributed by atoms with Crippen molar-refractivity contribution >= 4 is 5.97 Å². The molecule has 1 rings (SSSR count). The van der Waals surface area contributed by atoms with Gasteiger partial charge in [0.1, 0.15) is 6.04 Å². The number of pyridine rings is 1. The first-order valence-corrected chi connectivity index (χ1v) is 4.91. The van der Waals surface area contributed by atoms with Crippen molar-refractivity contribution in [2.45, 2.75) is 19.4 Å². The van der Waals surface area contributed by atoms with E-state index in [1.807, 2.05) is 6.92 Å². The quantitative estimate of drug-likeness (QED) is 0.751. The maximum atomic E-state index is 11.2. The van der Waals surface area contributed by atoms with Crippen molar-refractivity contribution in [1.82, 2.24) is 4.98 Å². The molecule has 0 aliphatic rings. The minimum Gasteiger partial charge on any atom is -0.481 e. The van der Waals surface area contributed by atoms with Gasteiger partial charge in [-0.3, -0.25) is 4.79 Å². The number of rotatable bonds is 4.